The standard InChI is InChI=1S/C25H21NO7/c1-3-32-25(30)16-6-4-7-17(14-16)26-21(15-9-11-18(31-2)12-10-15)20(23(28)24(26)29)22(27)19-8-5-13-33-19/h4-14,21,28H,3H2,1-2H3. The van der Waals surface area contributed by atoms with E-state index in [9.17, 15) is 19.5 Å². The smallest absolute Gasteiger partial charge is 0.338 e. The van der Waals surface area contributed by atoms with Gasteiger partial charge in [0.1, 0.15) is 5.75 Å². The number of ketones is 1. The van der Waals surface area contributed by atoms with E-state index >= 15 is 0 Å². The fourth-order valence-corrected chi connectivity index (χ4v) is 3.74. The maximum atomic E-state index is 13.2. The van der Waals surface area contributed by atoms with Gasteiger partial charge in [-0.1, -0.05) is 18.2 Å². The van der Waals surface area contributed by atoms with Crippen LogP contribution in [0.1, 0.15) is 39.4 Å². The van der Waals surface area contributed by atoms with Crippen molar-refractivity contribution in [1.29, 1.82) is 0 Å². The number of nitrogens with zero attached hydrogens (tertiary/aromatic N) is 1. The van der Waals surface area contributed by atoms with Crippen LogP contribution in [-0.2, 0) is 9.53 Å². The van der Waals surface area contributed by atoms with Crippen molar-refractivity contribution in [2.24, 2.45) is 0 Å². The highest BCUT2D eigenvalue weighted by Crippen LogP contribution is 2.42. The summed E-state index contributed by atoms with van der Waals surface area (Å²) < 4.78 is 15.5. The lowest BCUT2D eigenvalue weighted by atomic mass is 9.94. The first kappa shape index (κ1) is 21.9. The molecule has 0 radical (unpaired) electrons. The number of anilines is 1. The Morgan fingerprint density at radius 2 is 1.85 bits per heavy atom. The molecule has 1 amide bonds. The summed E-state index contributed by atoms with van der Waals surface area (Å²) in [6.07, 6.45) is 1.34. The van der Waals surface area contributed by atoms with Gasteiger partial charge in [-0.15, -0.1) is 0 Å². The van der Waals surface area contributed by atoms with Crippen LogP contribution in [0.15, 0.2) is 82.7 Å². The number of carbonyl (C=O) groups excluding carboxylic acids is 3. The number of rotatable bonds is 7. The Morgan fingerprint density at radius 1 is 1.09 bits per heavy atom. The normalized spacial score (nSPS) is 15.6. The zero-order valence-electron chi connectivity index (χ0n) is 18.0. The third-order valence-electron chi connectivity index (χ3n) is 5.26. The number of Topliss-reactive ketones (excluding diaryl/α,β-unsaturated/α-hetero) is 1. The van der Waals surface area contributed by atoms with Gasteiger partial charge in [-0.3, -0.25) is 14.5 Å². The number of hydrogen-bond donors (Lipinski definition) is 1. The van der Waals surface area contributed by atoms with Crippen molar-refractivity contribution in [3.63, 3.8) is 0 Å². The predicted octanol–water partition coefficient (Wildman–Crippen LogP) is 4.25. The second-order valence-corrected chi connectivity index (χ2v) is 7.19. The third kappa shape index (κ3) is 3.98. The first-order valence-corrected chi connectivity index (χ1v) is 10.2. The highest BCUT2D eigenvalue weighted by Gasteiger charge is 2.45. The van der Waals surface area contributed by atoms with E-state index in [4.69, 9.17) is 13.9 Å². The van der Waals surface area contributed by atoms with Gasteiger partial charge < -0.3 is 19.0 Å². The van der Waals surface area contributed by atoms with Crippen LogP contribution in [0.3, 0.4) is 0 Å². The molecule has 0 saturated carbocycles. The van der Waals surface area contributed by atoms with Gasteiger partial charge in [-0.05, 0) is 55.0 Å². The summed E-state index contributed by atoms with van der Waals surface area (Å²) >= 11 is 0. The van der Waals surface area contributed by atoms with E-state index in [1.807, 2.05) is 0 Å². The van der Waals surface area contributed by atoms with Crippen molar-refractivity contribution in [3.8, 4) is 5.75 Å². The van der Waals surface area contributed by atoms with Crippen LogP contribution in [0.4, 0.5) is 5.69 Å². The quantitative estimate of drug-likeness (QED) is 0.426. The van der Waals surface area contributed by atoms with Crippen molar-refractivity contribution in [2.45, 2.75) is 13.0 Å². The van der Waals surface area contributed by atoms with Gasteiger partial charge in [0.2, 0.25) is 5.78 Å². The van der Waals surface area contributed by atoms with E-state index in [1.165, 1.54) is 30.4 Å². The van der Waals surface area contributed by atoms with Gasteiger partial charge >= 0.3 is 5.97 Å². The van der Waals surface area contributed by atoms with E-state index in [-0.39, 0.29) is 23.5 Å². The first-order chi connectivity index (χ1) is 16.0. The summed E-state index contributed by atoms with van der Waals surface area (Å²) in [4.78, 5) is 39.9. The molecule has 1 atom stereocenters. The van der Waals surface area contributed by atoms with Gasteiger partial charge in [0.25, 0.3) is 5.91 Å². The number of ether oxygens (including phenoxy) is 2. The molecule has 1 aromatic heterocycles. The number of hydrogen-bond acceptors (Lipinski definition) is 7. The average molecular weight is 447 g/mol. The number of benzene rings is 2. The Bertz CT molecular complexity index is 1230. The Labute approximate surface area is 189 Å². The minimum atomic E-state index is -0.960. The van der Waals surface area contributed by atoms with Gasteiger partial charge in [0.05, 0.1) is 37.2 Å². The van der Waals surface area contributed by atoms with Crippen molar-refractivity contribution in [3.05, 3.63) is 95.1 Å². The lowest BCUT2D eigenvalue weighted by Gasteiger charge is -2.27. The van der Waals surface area contributed by atoms with Crippen molar-refractivity contribution in [2.75, 3.05) is 18.6 Å². The van der Waals surface area contributed by atoms with E-state index in [2.05, 4.69) is 0 Å². The van der Waals surface area contributed by atoms with Gasteiger partial charge in [0.15, 0.2) is 11.5 Å². The number of aliphatic hydroxyl groups is 1. The first-order valence-electron chi connectivity index (χ1n) is 10.2. The molecule has 168 valence electrons. The van der Waals surface area contributed by atoms with E-state index < -0.39 is 29.5 Å². The number of aliphatic hydroxyl groups excluding tert-OH is 1. The number of amides is 1. The molecule has 1 aliphatic rings. The molecular formula is C25H21NO7. The number of carbonyl (C=O) groups is 3. The Hall–Kier alpha value is -4.33. The fourth-order valence-electron chi connectivity index (χ4n) is 3.74. The van der Waals surface area contributed by atoms with Gasteiger partial charge in [-0.25, -0.2) is 4.79 Å². The lowest BCUT2D eigenvalue weighted by Crippen LogP contribution is -2.31. The lowest BCUT2D eigenvalue weighted by molar-refractivity contribution is -0.117. The van der Waals surface area contributed by atoms with Crippen LogP contribution >= 0.6 is 0 Å². The Morgan fingerprint density at radius 3 is 2.48 bits per heavy atom. The monoisotopic (exact) mass is 447 g/mol. The van der Waals surface area contributed by atoms with Crippen LogP contribution in [0, 0.1) is 0 Å². The van der Waals surface area contributed by atoms with Gasteiger partial charge in [0, 0.05) is 5.69 Å². The molecule has 1 aliphatic heterocycles. The van der Waals surface area contributed by atoms with E-state index in [0.29, 0.717) is 17.0 Å². The fraction of sp³-hybridized carbons (Fsp3) is 0.160. The molecule has 2 aromatic carbocycles. The largest absolute Gasteiger partial charge is 0.503 e. The van der Waals surface area contributed by atoms with Gasteiger partial charge in [-0.2, -0.15) is 0 Å². The highest BCUT2D eigenvalue weighted by atomic mass is 16.5. The van der Waals surface area contributed by atoms with Crippen LogP contribution < -0.4 is 9.64 Å². The predicted molar refractivity (Wildman–Crippen MR) is 118 cm³/mol. The summed E-state index contributed by atoms with van der Waals surface area (Å²) in [5.74, 6) is -2.03. The maximum Gasteiger partial charge on any atom is 0.338 e. The van der Waals surface area contributed by atoms with E-state index in [1.54, 1.807) is 55.5 Å². The number of furan rings is 1. The minimum Gasteiger partial charge on any atom is -0.503 e. The number of esters is 1. The molecule has 8 nitrogen and oxygen atoms in total. The Kier molecular flexibility index (Phi) is 5.99. The van der Waals surface area contributed by atoms with Crippen LogP contribution in [-0.4, -0.2) is 36.5 Å². The summed E-state index contributed by atoms with van der Waals surface area (Å²) in [6.45, 7) is 1.89. The molecule has 1 N–H and O–H groups in total. The molecule has 8 heteroatoms. The van der Waals surface area contributed by atoms with Crippen LogP contribution in [0.2, 0.25) is 0 Å². The molecule has 0 fully saturated rings. The summed E-state index contributed by atoms with van der Waals surface area (Å²) in [5, 5.41) is 10.8. The van der Waals surface area contributed by atoms with Crippen LogP contribution in [0.25, 0.3) is 0 Å². The highest BCUT2D eigenvalue weighted by molar-refractivity contribution is 6.20. The average Bonchev–Trinajstić information content (AvgIpc) is 3.46. The second kappa shape index (κ2) is 9.04. The molecule has 0 spiro atoms. The van der Waals surface area contributed by atoms with Crippen molar-refractivity contribution < 1.29 is 33.4 Å². The maximum absolute atomic E-state index is 13.2. The number of methoxy groups -OCH3 is 1. The molecular weight excluding hydrogens is 426 g/mol. The summed E-state index contributed by atoms with van der Waals surface area (Å²) in [5.41, 5.74) is 0.993. The molecule has 0 bridgehead atoms. The molecule has 4 rings (SSSR count). The topological polar surface area (TPSA) is 106 Å². The molecule has 0 aliphatic carbocycles. The minimum absolute atomic E-state index is 0.00927. The third-order valence-corrected chi connectivity index (χ3v) is 5.26. The molecule has 0 saturated heterocycles. The molecule has 2 heterocycles. The zero-order valence-corrected chi connectivity index (χ0v) is 18.0. The zero-order chi connectivity index (χ0) is 23.5. The SMILES string of the molecule is CCOC(=O)c1cccc(N2C(=O)C(O)=C(C(=O)c3ccco3)C2c2ccc(OC)cc2)c1. The van der Waals surface area contributed by atoms with Crippen molar-refractivity contribution >= 4 is 23.3 Å². The molecule has 3 aromatic rings. The van der Waals surface area contributed by atoms with E-state index in [0.717, 1.165) is 0 Å². The Balaban J connectivity index is 1.84. The second-order valence-electron chi connectivity index (χ2n) is 7.19. The molecule has 1 unspecified atom stereocenters. The summed E-state index contributed by atoms with van der Waals surface area (Å²) in [6, 6.07) is 15.1. The van der Waals surface area contributed by atoms with Crippen LogP contribution in [0.5, 0.6) is 5.75 Å². The molecule has 33 heavy (non-hydrogen) atoms. The van der Waals surface area contributed by atoms with Crippen molar-refractivity contribution in [1.82, 2.24) is 0 Å². The summed E-state index contributed by atoms with van der Waals surface area (Å²) in [7, 11) is 1.53.